The second-order valence-electron chi connectivity index (χ2n) is 16.9. The van der Waals surface area contributed by atoms with E-state index in [4.69, 9.17) is 0 Å². The maximum absolute atomic E-state index is 4.49. The van der Waals surface area contributed by atoms with Crippen molar-refractivity contribution in [2.24, 2.45) is 0 Å². The van der Waals surface area contributed by atoms with Crippen LogP contribution in [-0.2, 0) is 0 Å². The highest BCUT2D eigenvalue weighted by molar-refractivity contribution is 7.25. The summed E-state index contributed by atoms with van der Waals surface area (Å²) in [5.74, 6) is 0. The van der Waals surface area contributed by atoms with E-state index in [-0.39, 0.29) is 0 Å². The highest BCUT2D eigenvalue weighted by Gasteiger charge is 2.21. The summed E-state index contributed by atoms with van der Waals surface area (Å²) in [6, 6.07) is 76.0. The zero-order valence-corrected chi connectivity index (χ0v) is 36.1. The van der Waals surface area contributed by atoms with Gasteiger partial charge in [0.1, 0.15) is 0 Å². The van der Waals surface area contributed by atoms with Crippen molar-refractivity contribution in [3.8, 4) is 66.8 Å². The molecular formula is C62H38N2S. The van der Waals surface area contributed by atoms with Crippen LogP contribution < -0.4 is 0 Å². The van der Waals surface area contributed by atoms with Crippen molar-refractivity contribution < 1.29 is 0 Å². The lowest BCUT2D eigenvalue weighted by molar-refractivity contribution is 1.32. The Kier molecular flexibility index (Phi) is 8.75. The third kappa shape index (κ3) is 6.16. The molecule has 0 unspecified atom stereocenters. The van der Waals surface area contributed by atoms with Crippen LogP contribution in [0.3, 0.4) is 0 Å². The zero-order chi connectivity index (χ0) is 42.8. The van der Waals surface area contributed by atoms with Crippen LogP contribution in [0, 0.1) is 0 Å². The van der Waals surface area contributed by atoms with Crippen LogP contribution in [0.15, 0.2) is 231 Å². The van der Waals surface area contributed by atoms with E-state index in [0.29, 0.717) is 0 Å². The molecule has 3 aromatic heterocycles. The molecule has 13 aromatic rings. The summed E-state index contributed by atoms with van der Waals surface area (Å²) in [5.41, 5.74) is 14.3. The van der Waals surface area contributed by atoms with E-state index in [9.17, 15) is 0 Å². The molecule has 0 spiro atoms. The minimum atomic E-state index is 1.08. The molecule has 2 nitrogen and oxygen atoms in total. The molecule has 0 aliphatic rings. The van der Waals surface area contributed by atoms with Crippen LogP contribution in [0.4, 0.5) is 0 Å². The lowest BCUT2D eigenvalue weighted by Gasteiger charge is -2.19. The van der Waals surface area contributed by atoms with Crippen molar-refractivity contribution in [1.82, 2.24) is 9.97 Å². The fourth-order valence-corrected chi connectivity index (χ4v) is 11.5. The molecule has 65 heavy (non-hydrogen) atoms. The molecule has 0 atom stereocenters. The lowest BCUT2D eigenvalue weighted by Crippen LogP contribution is -1.92. The highest BCUT2D eigenvalue weighted by atomic mass is 32.1. The van der Waals surface area contributed by atoms with Crippen molar-refractivity contribution in [3.05, 3.63) is 231 Å². The van der Waals surface area contributed by atoms with Gasteiger partial charge in [-0.3, -0.25) is 9.97 Å². The quantitative estimate of drug-likeness (QED) is 0.156. The Bertz CT molecular complexity index is 3810. The molecule has 3 heterocycles. The average molecular weight is 843 g/mol. The molecule has 0 aliphatic carbocycles. The van der Waals surface area contributed by atoms with Gasteiger partial charge in [0.15, 0.2) is 0 Å². The number of nitrogens with zero attached hydrogens (tertiary/aromatic N) is 2. The van der Waals surface area contributed by atoms with Crippen LogP contribution in [0.1, 0.15) is 0 Å². The Morgan fingerprint density at radius 1 is 0.231 bits per heavy atom. The van der Waals surface area contributed by atoms with E-state index in [1.54, 1.807) is 0 Å². The number of fused-ring (bicyclic) bond motifs is 7. The van der Waals surface area contributed by atoms with Crippen LogP contribution in [-0.4, -0.2) is 9.97 Å². The molecule has 13 rings (SSSR count). The van der Waals surface area contributed by atoms with Gasteiger partial charge in [0.05, 0.1) is 0 Å². The molecule has 0 radical (unpaired) electrons. The van der Waals surface area contributed by atoms with Crippen molar-refractivity contribution in [1.29, 1.82) is 0 Å². The normalized spacial score (nSPS) is 11.7. The van der Waals surface area contributed by atoms with Gasteiger partial charge in [-0.1, -0.05) is 158 Å². The van der Waals surface area contributed by atoms with Gasteiger partial charge in [-0.15, -0.1) is 11.3 Å². The second-order valence-corrected chi connectivity index (χ2v) is 17.9. The summed E-state index contributed by atoms with van der Waals surface area (Å²) in [4.78, 5) is 8.97. The summed E-state index contributed by atoms with van der Waals surface area (Å²) in [6.07, 6.45) is 7.56. The predicted molar refractivity (Wildman–Crippen MR) is 278 cm³/mol. The Labute approximate surface area is 380 Å². The molecule has 0 amide bonds. The summed E-state index contributed by atoms with van der Waals surface area (Å²) >= 11 is 1.88. The van der Waals surface area contributed by atoms with Gasteiger partial charge in [0.25, 0.3) is 0 Å². The number of hydrogen-bond donors (Lipinski definition) is 0. The molecule has 0 saturated heterocycles. The van der Waals surface area contributed by atoms with Crippen LogP contribution in [0.25, 0.3) is 130 Å². The van der Waals surface area contributed by atoms with Crippen molar-refractivity contribution in [3.63, 3.8) is 0 Å². The SMILES string of the molecule is c1ccc(-c2c3ccccc3c(-c3ccc4sc5cc(-c6c7ccccc7c(-c7cc(-c8cccnc8)cc(-c8cccnc8)c7)c7ccccc67)ccc5c4c3)c3ccccc23)cc1. The number of benzene rings is 10. The first-order valence-corrected chi connectivity index (χ1v) is 22.9. The van der Waals surface area contributed by atoms with Crippen LogP contribution in [0.2, 0.25) is 0 Å². The van der Waals surface area contributed by atoms with Crippen LogP contribution >= 0.6 is 11.3 Å². The first kappa shape index (κ1) is 37.3. The monoisotopic (exact) mass is 842 g/mol. The van der Waals surface area contributed by atoms with E-state index < -0.39 is 0 Å². The molecule has 0 fully saturated rings. The Hall–Kier alpha value is -8.24. The molecule has 0 saturated carbocycles. The van der Waals surface area contributed by atoms with Crippen molar-refractivity contribution in [2.75, 3.05) is 0 Å². The van der Waals surface area contributed by atoms with E-state index in [2.05, 4.69) is 204 Å². The maximum atomic E-state index is 4.49. The second kappa shape index (κ2) is 15.2. The maximum Gasteiger partial charge on any atom is 0.0361 e. The number of rotatable bonds is 6. The summed E-state index contributed by atoms with van der Waals surface area (Å²) in [5, 5.41) is 12.6. The van der Waals surface area contributed by atoms with Gasteiger partial charge in [-0.2, -0.15) is 0 Å². The third-order valence-corrected chi connectivity index (χ3v) is 14.3. The van der Waals surface area contributed by atoms with Gasteiger partial charge in [-0.25, -0.2) is 0 Å². The van der Waals surface area contributed by atoms with E-state index in [1.807, 2.05) is 48.3 Å². The van der Waals surface area contributed by atoms with E-state index >= 15 is 0 Å². The number of aromatic nitrogens is 2. The lowest BCUT2D eigenvalue weighted by atomic mass is 9.84. The molecule has 0 N–H and O–H groups in total. The fourth-order valence-electron chi connectivity index (χ4n) is 10.4. The zero-order valence-electron chi connectivity index (χ0n) is 35.2. The molecule has 0 aliphatic heterocycles. The summed E-state index contributed by atoms with van der Waals surface area (Å²) < 4.78 is 2.57. The smallest absolute Gasteiger partial charge is 0.0361 e. The Balaban J connectivity index is 0.994. The summed E-state index contributed by atoms with van der Waals surface area (Å²) in [6.45, 7) is 0. The Morgan fingerprint density at radius 3 is 1.11 bits per heavy atom. The minimum absolute atomic E-state index is 1.08. The highest BCUT2D eigenvalue weighted by Crippen LogP contribution is 2.48. The summed E-state index contributed by atoms with van der Waals surface area (Å²) in [7, 11) is 0. The van der Waals surface area contributed by atoms with Crippen molar-refractivity contribution >= 4 is 74.6 Å². The number of pyridine rings is 2. The molecular weight excluding hydrogens is 805 g/mol. The minimum Gasteiger partial charge on any atom is -0.264 e. The largest absolute Gasteiger partial charge is 0.264 e. The van der Waals surface area contributed by atoms with Gasteiger partial charge in [0.2, 0.25) is 0 Å². The number of hydrogen-bond acceptors (Lipinski definition) is 3. The predicted octanol–water partition coefficient (Wildman–Crippen LogP) is 17.5. The van der Waals surface area contributed by atoms with Gasteiger partial charge in [0, 0.05) is 56.1 Å². The first-order valence-electron chi connectivity index (χ1n) is 22.1. The standard InChI is InChI=1S/C62H38N2S/c1-2-14-39(15-3-1)59-48-18-4-6-20-50(48)60(51-21-7-5-19-49(51)59)40-27-29-57-56(35-40)47-28-26-41(36-58(47)65-57)61-52-22-8-10-24-54(52)62(55-25-11-9-23-53(55)61)46-33-44(42-16-12-30-63-37-42)32-45(34-46)43-17-13-31-64-38-43/h1-38H. The van der Waals surface area contributed by atoms with Crippen molar-refractivity contribution in [2.45, 2.75) is 0 Å². The van der Waals surface area contributed by atoms with Gasteiger partial charge in [-0.05, 0) is 147 Å². The molecule has 3 heteroatoms. The third-order valence-electron chi connectivity index (χ3n) is 13.2. The first-order chi connectivity index (χ1) is 32.2. The Morgan fingerprint density at radius 2 is 0.631 bits per heavy atom. The average Bonchev–Trinajstić information content (AvgIpc) is 3.75. The van der Waals surface area contributed by atoms with E-state index in [1.165, 1.54) is 102 Å². The van der Waals surface area contributed by atoms with Gasteiger partial charge >= 0.3 is 0 Å². The topological polar surface area (TPSA) is 25.8 Å². The van der Waals surface area contributed by atoms with Gasteiger partial charge < -0.3 is 0 Å². The fraction of sp³-hybridized carbons (Fsp3) is 0. The molecule has 302 valence electrons. The number of thiophene rings is 1. The van der Waals surface area contributed by atoms with Crippen LogP contribution in [0.5, 0.6) is 0 Å². The van der Waals surface area contributed by atoms with E-state index in [0.717, 1.165) is 27.8 Å². The molecule has 0 bridgehead atoms. The molecule has 10 aromatic carbocycles.